The minimum atomic E-state index is -0.421. The SMILES string of the molecule is COC(=O)C1CCN([C@@H]2CC(=O)N(c3ccc(I)cc3)C2=O)CC1. The fraction of sp³-hybridized carbons (Fsp3) is 0.471. The van der Waals surface area contributed by atoms with Crippen LogP contribution in [0.15, 0.2) is 24.3 Å². The Balaban J connectivity index is 1.68. The maximum Gasteiger partial charge on any atom is 0.308 e. The number of esters is 1. The highest BCUT2D eigenvalue weighted by molar-refractivity contribution is 14.1. The molecule has 1 atom stereocenters. The van der Waals surface area contributed by atoms with Gasteiger partial charge in [-0.1, -0.05) is 0 Å². The van der Waals surface area contributed by atoms with E-state index in [4.69, 9.17) is 4.74 Å². The summed E-state index contributed by atoms with van der Waals surface area (Å²) >= 11 is 2.19. The number of methoxy groups -OCH3 is 1. The number of hydrogen-bond acceptors (Lipinski definition) is 5. The second-order valence-electron chi connectivity index (χ2n) is 6.10. The predicted molar refractivity (Wildman–Crippen MR) is 96.4 cm³/mol. The molecule has 3 rings (SSSR count). The van der Waals surface area contributed by atoms with Gasteiger partial charge in [-0.25, -0.2) is 4.90 Å². The predicted octanol–water partition coefficient (Wildman–Crippen LogP) is 1.81. The van der Waals surface area contributed by atoms with E-state index in [1.807, 2.05) is 17.0 Å². The van der Waals surface area contributed by atoms with Crippen molar-refractivity contribution in [2.75, 3.05) is 25.1 Å². The molecule has 7 heteroatoms. The molecule has 24 heavy (non-hydrogen) atoms. The van der Waals surface area contributed by atoms with Crippen LogP contribution in [0.3, 0.4) is 0 Å². The van der Waals surface area contributed by atoms with Crippen LogP contribution in [0.25, 0.3) is 0 Å². The van der Waals surface area contributed by atoms with Gasteiger partial charge in [0.05, 0.1) is 31.2 Å². The maximum absolute atomic E-state index is 12.7. The number of halogens is 1. The van der Waals surface area contributed by atoms with E-state index >= 15 is 0 Å². The molecule has 2 saturated heterocycles. The first-order chi connectivity index (χ1) is 11.5. The molecule has 0 bridgehead atoms. The van der Waals surface area contributed by atoms with Crippen molar-refractivity contribution in [2.24, 2.45) is 5.92 Å². The zero-order valence-corrected chi connectivity index (χ0v) is 15.6. The molecule has 0 saturated carbocycles. The molecule has 0 aromatic heterocycles. The van der Waals surface area contributed by atoms with Crippen molar-refractivity contribution < 1.29 is 19.1 Å². The topological polar surface area (TPSA) is 66.9 Å². The number of likely N-dealkylation sites (tertiary alicyclic amines) is 1. The van der Waals surface area contributed by atoms with Crippen LogP contribution in [0.4, 0.5) is 5.69 Å². The van der Waals surface area contributed by atoms with Gasteiger partial charge in [0.2, 0.25) is 5.91 Å². The highest BCUT2D eigenvalue weighted by atomic mass is 127. The van der Waals surface area contributed by atoms with Crippen LogP contribution in [0, 0.1) is 9.49 Å². The fourth-order valence-corrected chi connectivity index (χ4v) is 3.74. The lowest BCUT2D eigenvalue weighted by molar-refractivity contribution is -0.147. The third-order valence-corrected chi connectivity index (χ3v) is 5.43. The number of imide groups is 1. The van der Waals surface area contributed by atoms with E-state index in [-0.39, 0.29) is 30.1 Å². The van der Waals surface area contributed by atoms with Gasteiger partial charge in [-0.3, -0.25) is 19.3 Å². The summed E-state index contributed by atoms with van der Waals surface area (Å²) in [6, 6.07) is 6.93. The summed E-state index contributed by atoms with van der Waals surface area (Å²) in [6.07, 6.45) is 1.52. The fourth-order valence-electron chi connectivity index (χ4n) is 3.38. The molecular formula is C17H19IN2O4. The zero-order valence-electron chi connectivity index (χ0n) is 13.4. The number of amides is 2. The van der Waals surface area contributed by atoms with Gasteiger partial charge in [-0.05, 0) is 72.8 Å². The number of anilines is 1. The van der Waals surface area contributed by atoms with Crippen molar-refractivity contribution in [1.82, 2.24) is 4.90 Å². The lowest BCUT2D eigenvalue weighted by Crippen LogP contribution is -2.46. The first kappa shape index (κ1) is 17.3. The number of carbonyl (C=O) groups is 3. The quantitative estimate of drug-likeness (QED) is 0.406. The summed E-state index contributed by atoms with van der Waals surface area (Å²) in [6.45, 7) is 1.26. The molecule has 128 valence electrons. The van der Waals surface area contributed by atoms with Gasteiger partial charge in [0.15, 0.2) is 0 Å². The summed E-state index contributed by atoms with van der Waals surface area (Å²) < 4.78 is 5.84. The molecule has 0 unspecified atom stereocenters. The monoisotopic (exact) mass is 442 g/mol. The minimum Gasteiger partial charge on any atom is -0.469 e. The van der Waals surface area contributed by atoms with E-state index in [2.05, 4.69) is 22.6 Å². The lowest BCUT2D eigenvalue weighted by Gasteiger charge is -2.33. The number of benzene rings is 1. The molecule has 0 N–H and O–H groups in total. The molecule has 2 fully saturated rings. The van der Waals surface area contributed by atoms with E-state index in [1.165, 1.54) is 12.0 Å². The van der Waals surface area contributed by atoms with E-state index in [9.17, 15) is 14.4 Å². The van der Waals surface area contributed by atoms with E-state index < -0.39 is 6.04 Å². The Morgan fingerprint density at radius 3 is 2.38 bits per heavy atom. The van der Waals surface area contributed by atoms with Crippen LogP contribution < -0.4 is 4.90 Å². The molecule has 0 aliphatic carbocycles. The normalized spacial score (nSPS) is 22.9. The van der Waals surface area contributed by atoms with E-state index in [1.54, 1.807) is 12.1 Å². The molecule has 1 aromatic rings. The van der Waals surface area contributed by atoms with Crippen molar-refractivity contribution >= 4 is 46.1 Å². The Hall–Kier alpha value is -1.48. The van der Waals surface area contributed by atoms with Crippen LogP contribution in [0.5, 0.6) is 0 Å². The molecule has 0 radical (unpaired) electrons. The Kier molecular flexibility index (Phi) is 5.19. The summed E-state index contributed by atoms with van der Waals surface area (Å²) in [5.41, 5.74) is 0.623. The molecule has 2 heterocycles. The lowest BCUT2D eigenvalue weighted by atomic mass is 9.95. The Morgan fingerprint density at radius 1 is 1.17 bits per heavy atom. The van der Waals surface area contributed by atoms with Crippen LogP contribution >= 0.6 is 22.6 Å². The first-order valence-corrected chi connectivity index (χ1v) is 9.03. The summed E-state index contributed by atoms with van der Waals surface area (Å²) in [5, 5.41) is 0. The second kappa shape index (κ2) is 7.18. The second-order valence-corrected chi connectivity index (χ2v) is 7.34. The highest BCUT2D eigenvalue weighted by Gasteiger charge is 2.43. The Morgan fingerprint density at radius 2 is 1.79 bits per heavy atom. The Bertz CT molecular complexity index is 653. The van der Waals surface area contributed by atoms with Crippen LogP contribution in [-0.4, -0.2) is 48.9 Å². The van der Waals surface area contributed by atoms with Crippen molar-refractivity contribution in [2.45, 2.75) is 25.3 Å². The number of ether oxygens (including phenoxy) is 1. The molecule has 2 aliphatic heterocycles. The number of piperidine rings is 1. The number of carbonyl (C=O) groups excluding carboxylic acids is 3. The number of hydrogen-bond donors (Lipinski definition) is 0. The van der Waals surface area contributed by atoms with Gasteiger partial charge >= 0.3 is 5.97 Å². The van der Waals surface area contributed by atoms with Crippen LogP contribution in [0.2, 0.25) is 0 Å². The van der Waals surface area contributed by atoms with Crippen molar-refractivity contribution in [3.05, 3.63) is 27.8 Å². The third-order valence-electron chi connectivity index (χ3n) is 4.71. The molecule has 2 aliphatic rings. The molecule has 6 nitrogen and oxygen atoms in total. The van der Waals surface area contributed by atoms with Crippen molar-refractivity contribution in [1.29, 1.82) is 0 Å². The van der Waals surface area contributed by atoms with Crippen LogP contribution in [0.1, 0.15) is 19.3 Å². The van der Waals surface area contributed by atoms with E-state index in [0.29, 0.717) is 31.6 Å². The molecule has 1 aromatic carbocycles. The largest absolute Gasteiger partial charge is 0.469 e. The molecule has 0 spiro atoms. The van der Waals surface area contributed by atoms with Gasteiger partial charge < -0.3 is 4.74 Å². The third kappa shape index (κ3) is 3.32. The van der Waals surface area contributed by atoms with Gasteiger partial charge in [0.1, 0.15) is 0 Å². The average Bonchev–Trinajstić information content (AvgIpc) is 2.90. The highest BCUT2D eigenvalue weighted by Crippen LogP contribution is 2.29. The smallest absolute Gasteiger partial charge is 0.308 e. The van der Waals surface area contributed by atoms with Crippen molar-refractivity contribution in [3.63, 3.8) is 0 Å². The minimum absolute atomic E-state index is 0.106. The number of nitrogens with zero attached hydrogens (tertiary/aromatic N) is 2. The standard InChI is InChI=1S/C17H19IN2O4/c1-24-17(23)11-6-8-19(9-7-11)14-10-15(21)20(16(14)22)13-4-2-12(18)3-5-13/h2-5,11,14H,6-10H2,1H3/t14-/m1/s1. The average molecular weight is 442 g/mol. The zero-order chi connectivity index (χ0) is 17.3. The molecular weight excluding hydrogens is 423 g/mol. The first-order valence-electron chi connectivity index (χ1n) is 7.95. The van der Waals surface area contributed by atoms with Gasteiger partial charge in [-0.15, -0.1) is 0 Å². The molecule has 2 amide bonds. The number of rotatable bonds is 3. The van der Waals surface area contributed by atoms with E-state index in [0.717, 1.165) is 3.57 Å². The van der Waals surface area contributed by atoms with Crippen molar-refractivity contribution in [3.8, 4) is 0 Å². The van der Waals surface area contributed by atoms with Gasteiger partial charge in [0.25, 0.3) is 5.91 Å². The summed E-state index contributed by atoms with van der Waals surface area (Å²) in [7, 11) is 1.40. The van der Waals surface area contributed by atoms with Gasteiger partial charge in [0, 0.05) is 3.57 Å². The summed E-state index contributed by atoms with van der Waals surface area (Å²) in [5.74, 6) is -0.631. The van der Waals surface area contributed by atoms with Crippen LogP contribution in [-0.2, 0) is 19.1 Å². The maximum atomic E-state index is 12.7. The van der Waals surface area contributed by atoms with Gasteiger partial charge in [-0.2, -0.15) is 0 Å². The Labute approximate surface area is 154 Å². The summed E-state index contributed by atoms with van der Waals surface area (Å²) in [4.78, 5) is 40.0.